The molecular formula is C13H14ClFN2O4. The van der Waals surface area contributed by atoms with E-state index in [1.54, 1.807) is 6.92 Å². The van der Waals surface area contributed by atoms with E-state index in [4.69, 9.17) is 21.4 Å². The normalized spacial score (nSPS) is 16.2. The van der Waals surface area contributed by atoms with Gasteiger partial charge >= 0.3 is 12.0 Å². The summed E-state index contributed by atoms with van der Waals surface area (Å²) in [5.74, 6) is -1.61. The van der Waals surface area contributed by atoms with Gasteiger partial charge in [0.15, 0.2) is 0 Å². The Bertz CT molecular complexity index is 555. The quantitative estimate of drug-likeness (QED) is 0.892. The van der Waals surface area contributed by atoms with E-state index in [1.807, 2.05) is 0 Å². The molecule has 1 aromatic rings. The van der Waals surface area contributed by atoms with Crippen LogP contribution in [0, 0.1) is 5.82 Å². The van der Waals surface area contributed by atoms with Gasteiger partial charge in [-0.3, -0.25) is 0 Å². The predicted octanol–water partition coefficient (Wildman–Crippen LogP) is 2.19. The Morgan fingerprint density at radius 3 is 2.71 bits per heavy atom. The molecule has 0 unspecified atom stereocenters. The molecule has 2 rings (SSSR count). The Labute approximate surface area is 125 Å². The monoisotopic (exact) mass is 316 g/mol. The molecule has 0 aliphatic carbocycles. The standard InChI is InChI=1S/C13H14ClFN2O4/c1-13(21-5-11(18)19)6-17(7-13)12(20)16-10-3-8(14)2-9(15)4-10/h2-4H,5-7H2,1H3,(H,16,20)(H,18,19). The van der Waals surface area contributed by atoms with Gasteiger partial charge < -0.3 is 20.1 Å². The minimum Gasteiger partial charge on any atom is -0.480 e. The van der Waals surface area contributed by atoms with Crippen molar-refractivity contribution in [3.63, 3.8) is 0 Å². The van der Waals surface area contributed by atoms with Gasteiger partial charge in [-0.2, -0.15) is 0 Å². The zero-order valence-electron chi connectivity index (χ0n) is 11.2. The van der Waals surface area contributed by atoms with Gasteiger partial charge in [0.25, 0.3) is 0 Å². The van der Waals surface area contributed by atoms with Crippen LogP contribution in [-0.4, -0.2) is 47.3 Å². The smallest absolute Gasteiger partial charge is 0.329 e. The third-order valence-corrected chi connectivity index (χ3v) is 3.21. The summed E-state index contributed by atoms with van der Waals surface area (Å²) in [6.45, 7) is 1.83. The lowest BCUT2D eigenvalue weighted by Gasteiger charge is -2.46. The predicted molar refractivity (Wildman–Crippen MR) is 74.0 cm³/mol. The molecule has 1 fully saturated rings. The van der Waals surface area contributed by atoms with E-state index in [9.17, 15) is 14.0 Å². The molecule has 0 aromatic heterocycles. The summed E-state index contributed by atoms with van der Waals surface area (Å²) in [6, 6.07) is 3.30. The Kier molecular flexibility index (Phi) is 4.34. The van der Waals surface area contributed by atoms with E-state index in [1.165, 1.54) is 11.0 Å². The fourth-order valence-electron chi connectivity index (χ4n) is 2.06. The second-order valence-electron chi connectivity index (χ2n) is 5.08. The molecule has 1 heterocycles. The number of hydrogen-bond acceptors (Lipinski definition) is 3. The number of ether oxygens (including phenoxy) is 1. The van der Waals surface area contributed by atoms with E-state index in [2.05, 4.69) is 5.32 Å². The first-order valence-corrected chi connectivity index (χ1v) is 6.53. The molecule has 1 aliphatic heterocycles. The van der Waals surface area contributed by atoms with Crippen molar-refractivity contribution >= 4 is 29.3 Å². The van der Waals surface area contributed by atoms with Crippen LogP contribution in [0.2, 0.25) is 5.02 Å². The molecule has 0 atom stereocenters. The lowest BCUT2D eigenvalue weighted by Crippen LogP contribution is -2.64. The van der Waals surface area contributed by atoms with E-state index < -0.39 is 30.0 Å². The summed E-state index contributed by atoms with van der Waals surface area (Å²) in [5, 5.41) is 11.3. The maximum Gasteiger partial charge on any atom is 0.329 e. The number of carboxylic acids is 1. The molecule has 2 amide bonds. The van der Waals surface area contributed by atoms with Gasteiger partial charge in [-0.15, -0.1) is 0 Å². The summed E-state index contributed by atoms with van der Waals surface area (Å²) >= 11 is 5.70. The third kappa shape index (κ3) is 4.05. The number of amides is 2. The Balaban J connectivity index is 1.87. The fourth-order valence-corrected chi connectivity index (χ4v) is 2.28. The second-order valence-corrected chi connectivity index (χ2v) is 5.51. The highest BCUT2D eigenvalue weighted by molar-refractivity contribution is 6.30. The number of likely N-dealkylation sites (tertiary alicyclic amines) is 1. The van der Waals surface area contributed by atoms with Crippen molar-refractivity contribution in [3.05, 3.63) is 29.0 Å². The lowest BCUT2D eigenvalue weighted by molar-refractivity contribution is -0.159. The van der Waals surface area contributed by atoms with Crippen LogP contribution >= 0.6 is 11.6 Å². The lowest BCUT2D eigenvalue weighted by atomic mass is 9.97. The molecule has 1 saturated heterocycles. The highest BCUT2D eigenvalue weighted by Gasteiger charge is 2.42. The summed E-state index contributed by atoms with van der Waals surface area (Å²) < 4.78 is 18.3. The molecule has 0 bridgehead atoms. The first kappa shape index (κ1) is 15.5. The van der Waals surface area contributed by atoms with E-state index in [0.29, 0.717) is 0 Å². The Morgan fingerprint density at radius 2 is 2.14 bits per heavy atom. The van der Waals surface area contributed by atoms with Gasteiger partial charge in [0.1, 0.15) is 18.0 Å². The third-order valence-electron chi connectivity index (χ3n) is 3.00. The summed E-state index contributed by atoms with van der Waals surface area (Å²) in [5.41, 5.74) is -0.417. The molecule has 2 N–H and O–H groups in total. The number of rotatable bonds is 4. The van der Waals surface area contributed by atoms with Gasteiger partial charge in [-0.05, 0) is 25.1 Å². The number of carbonyl (C=O) groups is 2. The highest BCUT2D eigenvalue weighted by Crippen LogP contribution is 2.26. The molecule has 0 saturated carbocycles. The maximum absolute atomic E-state index is 13.1. The molecule has 114 valence electrons. The Hall–Kier alpha value is -1.86. The number of nitrogens with zero attached hydrogens (tertiary/aromatic N) is 1. The van der Waals surface area contributed by atoms with E-state index >= 15 is 0 Å². The minimum atomic E-state index is -1.06. The average Bonchev–Trinajstić information content (AvgIpc) is 2.31. The number of carboxylic acid groups (broad SMARTS) is 1. The van der Waals surface area contributed by atoms with Crippen LogP contribution in [0.4, 0.5) is 14.9 Å². The second kappa shape index (κ2) is 5.87. The van der Waals surface area contributed by atoms with Crippen molar-refractivity contribution < 1.29 is 23.8 Å². The van der Waals surface area contributed by atoms with Crippen LogP contribution in [-0.2, 0) is 9.53 Å². The number of hydrogen-bond donors (Lipinski definition) is 2. The van der Waals surface area contributed by atoms with Crippen molar-refractivity contribution in [2.75, 3.05) is 25.0 Å². The molecule has 8 heteroatoms. The summed E-state index contributed by atoms with van der Waals surface area (Å²) in [7, 11) is 0. The maximum atomic E-state index is 13.1. The van der Waals surface area contributed by atoms with Crippen molar-refractivity contribution in [1.82, 2.24) is 4.90 Å². The van der Waals surface area contributed by atoms with Crippen molar-refractivity contribution in [1.29, 1.82) is 0 Å². The first-order chi connectivity index (χ1) is 9.77. The van der Waals surface area contributed by atoms with E-state index in [-0.39, 0.29) is 23.8 Å². The van der Waals surface area contributed by atoms with Crippen LogP contribution < -0.4 is 5.32 Å². The largest absolute Gasteiger partial charge is 0.480 e. The summed E-state index contributed by atoms with van der Waals surface area (Å²) in [6.07, 6.45) is 0. The zero-order valence-corrected chi connectivity index (χ0v) is 12.0. The number of urea groups is 1. The van der Waals surface area contributed by atoms with Crippen LogP contribution in [0.5, 0.6) is 0 Å². The van der Waals surface area contributed by atoms with Gasteiger partial charge in [-0.1, -0.05) is 11.6 Å². The van der Waals surface area contributed by atoms with Crippen LogP contribution in [0.1, 0.15) is 6.92 Å². The number of benzene rings is 1. The first-order valence-electron chi connectivity index (χ1n) is 6.15. The van der Waals surface area contributed by atoms with Gasteiger partial charge in [0.2, 0.25) is 0 Å². The van der Waals surface area contributed by atoms with Crippen LogP contribution in [0.3, 0.4) is 0 Å². The van der Waals surface area contributed by atoms with Crippen LogP contribution in [0.15, 0.2) is 18.2 Å². The topological polar surface area (TPSA) is 78.9 Å². The fraction of sp³-hybridized carbons (Fsp3) is 0.385. The van der Waals surface area contributed by atoms with Crippen molar-refractivity contribution in [2.24, 2.45) is 0 Å². The minimum absolute atomic E-state index is 0.184. The molecule has 0 spiro atoms. The SMILES string of the molecule is CC1(OCC(=O)O)CN(C(=O)Nc2cc(F)cc(Cl)c2)C1. The van der Waals surface area contributed by atoms with Gasteiger partial charge in [0, 0.05) is 10.7 Å². The molecule has 1 aliphatic rings. The average molecular weight is 317 g/mol. The molecule has 21 heavy (non-hydrogen) atoms. The Morgan fingerprint density at radius 1 is 1.48 bits per heavy atom. The molecular weight excluding hydrogens is 303 g/mol. The number of halogens is 2. The summed E-state index contributed by atoms with van der Waals surface area (Å²) in [4.78, 5) is 23.8. The van der Waals surface area contributed by atoms with Crippen LogP contribution in [0.25, 0.3) is 0 Å². The number of nitrogens with one attached hydrogen (secondary N) is 1. The number of aliphatic carboxylic acids is 1. The van der Waals surface area contributed by atoms with Gasteiger partial charge in [-0.25, -0.2) is 14.0 Å². The zero-order chi connectivity index (χ0) is 15.6. The van der Waals surface area contributed by atoms with E-state index in [0.717, 1.165) is 12.1 Å². The van der Waals surface area contributed by atoms with Gasteiger partial charge in [0.05, 0.1) is 13.1 Å². The molecule has 6 nitrogen and oxygen atoms in total. The van der Waals surface area contributed by atoms with Crippen molar-refractivity contribution in [2.45, 2.75) is 12.5 Å². The van der Waals surface area contributed by atoms with Crippen molar-refractivity contribution in [3.8, 4) is 0 Å². The highest BCUT2D eigenvalue weighted by atomic mass is 35.5. The number of anilines is 1. The molecule has 1 aromatic carbocycles. The number of carbonyl (C=O) groups excluding carboxylic acids is 1. The molecule has 0 radical (unpaired) electrons.